The fourth-order valence-electron chi connectivity index (χ4n) is 3.16. The SMILES string of the molecule is CCCNC(=O)c1cc(S(=O)(=O)N2CCc3ccccc3C2)ccc1C. The molecule has 1 N–H and O–H groups in total. The number of hydrogen-bond acceptors (Lipinski definition) is 3. The van der Waals surface area contributed by atoms with Gasteiger partial charge >= 0.3 is 0 Å². The van der Waals surface area contributed by atoms with E-state index in [1.807, 2.05) is 38.1 Å². The number of carbonyl (C=O) groups is 1. The summed E-state index contributed by atoms with van der Waals surface area (Å²) in [6.45, 7) is 5.17. The van der Waals surface area contributed by atoms with Gasteiger partial charge in [0, 0.05) is 25.2 Å². The van der Waals surface area contributed by atoms with Crippen molar-refractivity contribution in [3.8, 4) is 0 Å². The molecule has 2 aromatic rings. The molecule has 0 fully saturated rings. The summed E-state index contributed by atoms with van der Waals surface area (Å²) in [5, 5.41) is 2.81. The van der Waals surface area contributed by atoms with E-state index in [1.165, 1.54) is 15.9 Å². The highest BCUT2D eigenvalue weighted by Gasteiger charge is 2.29. The third-order valence-corrected chi connectivity index (χ3v) is 6.56. The van der Waals surface area contributed by atoms with Crippen LogP contribution in [0, 0.1) is 6.92 Å². The van der Waals surface area contributed by atoms with Crippen LogP contribution in [0.2, 0.25) is 0 Å². The molecule has 0 radical (unpaired) electrons. The summed E-state index contributed by atoms with van der Waals surface area (Å²) >= 11 is 0. The summed E-state index contributed by atoms with van der Waals surface area (Å²) in [6.07, 6.45) is 1.53. The largest absolute Gasteiger partial charge is 0.352 e. The minimum Gasteiger partial charge on any atom is -0.352 e. The summed E-state index contributed by atoms with van der Waals surface area (Å²) < 4.78 is 27.7. The van der Waals surface area contributed by atoms with Gasteiger partial charge in [-0.15, -0.1) is 0 Å². The molecule has 1 heterocycles. The van der Waals surface area contributed by atoms with E-state index in [9.17, 15) is 13.2 Å². The maximum absolute atomic E-state index is 13.1. The van der Waals surface area contributed by atoms with Crippen molar-refractivity contribution in [1.29, 1.82) is 0 Å². The molecule has 26 heavy (non-hydrogen) atoms. The Bertz CT molecular complexity index is 922. The van der Waals surface area contributed by atoms with Crippen LogP contribution in [0.25, 0.3) is 0 Å². The molecule has 5 nitrogen and oxygen atoms in total. The highest BCUT2D eigenvalue weighted by molar-refractivity contribution is 7.89. The molecule has 1 aliphatic heterocycles. The van der Waals surface area contributed by atoms with Gasteiger partial charge in [0.25, 0.3) is 5.91 Å². The predicted octanol–water partition coefficient (Wildman–Crippen LogP) is 2.88. The van der Waals surface area contributed by atoms with E-state index < -0.39 is 10.0 Å². The highest BCUT2D eigenvalue weighted by atomic mass is 32.2. The van der Waals surface area contributed by atoms with Crippen molar-refractivity contribution < 1.29 is 13.2 Å². The molecule has 0 unspecified atom stereocenters. The van der Waals surface area contributed by atoms with E-state index in [1.54, 1.807) is 12.1 Å². The maximum atomic E-state index is 13.1. The number of hydrogen-bond donors (Lipinski definition) is 1. The fourth-order valence-corrected chi connectivity index (χ4v) is 4.61. The van der Waals surface area contributed by atoms with E-state index in [2.05, 4.69) is 5.32 Å². The molecule has 0 aromatic heterocycles. The van der Waals surface area contributed by atoms with Gasteiger partial charge in [0.2, 0.25) is 10.0 Å². The van der Waals surface area contributed by atoms with Gasteiger partial charge in [-0.1, -0.05) is 37.3 Å². The molecule has 0 bridgehead atoms. The molecule has 138 valence electrons. The standard InChI is InChI=1S/C20H24N2O3S/c1-3-11-21-20(23)19-13-18(9-8-15(19)2)26(24,25)22-12-10-16-6-4-5-7-17(16)14-22/h4-9,13H,3,10-12,14H2,1-2H3,(H,21,23). The Kier molecular flexibility index (Phi) is 5.44. The number of nitrogens with one attached hydrogen (secondary N) is 1. The number of fused-ring (bicyclic) bond motifs is 1. The summed E-state index contributed by atoms with van der Waals surface area (Å²) in [6, 6.07) is 12.7. The van der Waals surface area contributed by atoms with Crippen LogP contribution in [0.3, 0.4) is 0 Å². The van der Waals surface area contributed by atoms with Crippen LogP contribution in [0.5, 0.6) is 0 Å². The van der Waals surface area contributed by atoms with Crippen molar-refractivity contribution in [1.82, 2.24) is 9.62 Å². The Hall–Kier alpha value is -2.18. The maximum Gasteiger partial charge on any atom is 0.251 e. The van der Waals surface area contributed by atoms with Crippen LogP contribution in [0.1, 0.15) is 40.4 Å². The lowest BCUT2D eigenvalue weighted by Gasteiger charge is -2.28. The van der Waals surface area contributed by atoms with Crippen LogP contribution in [-0.4, -0.2) is 31.7 Å². The van der Waals surface area contributed by atoms with Crippen molar-refractivity contribution in [2.45, 2.75) is 38.1 Å². The normalized spacial score (nSPS) is 14.7. The van der Waals surface area contributed by atoms with Gasteiger partial charge in [-0.05, 0) is 48.6 Å². The fraction of sp³-hybridized carbons (Fsp3) is 0.350. The molecule has 0 aliphatic carbocycles. The lowest BCUT2D eigenvalue weighted by Crippen LogP contribution is -2.36. The quantitative estimate of drug-likeness (QED) is 0.878. The summed E-state index contributed by atoms with van der Waals surface area (Å²) in [5.41, 5.74) is 3.41. The predicted molar refractivity (Wildman–Crippen MR) is 102 cm³/mol. The molecule has 2 aromatic carbocycles. The molecule has 3 rings (SSSR count). The van der Waals surface area contributed by atoms with Crippen LogP contribution >= 0.6 is 0 Å². The van der Waals surface area contributed by atoms with Crippen LogP contribution in [0.4, 0.5) is 0 Å². The van der Waals surface area contributed by atoms with Crippen molar-refractivity contribution in [2.24, 2.45) is 0 Å². The zero-order valence-electron chi connectivity index (χ0n) is 15.2. The second-order valence-electron chi connectivity index (χ2n) is 6.59. The number of rotatable bonds is 5. The molecule has 1 amide bonds. The molecule has 0 atom stereocenters. The van der Waals surface area contributed by atoms with Gasteiger partial charge in [-0.25, -0.2) is 8.42 Å². The van der Waals surface area contributed by atoms with Gasteiger partial charge in [0.1, 0.15) is 0 Å². The van der Waals surface area contributed by atoms with E-state index in [0.29, 0.717) is 31.6 Å². The van der Waals surface area contributed by atoms with E-state index in [-0.39, 0.29) is 10.8 Å². The summed E-state index contributed by atoms with van der Waals surface area (Å²) in [7, 11) is -3.64. The average molecular weight is 372 g/mol. The van der Waals surface area contributed by atoms with Gasteiger partial charge in [0.05, 0.1) is 4.90 Å². The molecule has 0 saturated carbocycles. The van der Waals surface area contributed by atoms with Gasteiger partial charge in [0.15, 0.2) is 0 Å². The zero-order valence-corrected chi connectivity index (χ0v) is 16.0. The van der Waals surface area contributed by atoms with Gasteiger partial charge in [-0.3, -0.25) is 4.79 Å². The Morgan fingerprint density at radius 3 is 2.62 bits per heavy atom. The Labute approximate surface area is 155 Å². The topological polar surface area (TPSA) is 66.5 Å². The Morgan fingerprint density at radius 1 is 1.15 bits per heavy atom. The van der Waals surface area contributed by atoms with E-state index in [0.717, 1.165) is 17.5 Å². The van der Waals surface area contributed by atoms with Crippen molar-refractivity contribution in [2.75, 3.05) is 13.1 Å². The first kappa shape index (κ1) is 18.6. The van der Waals surface area contributed by atoms with Crippen molar-refractivity contribution in [3.05, 3.63) is 64.7 Å². The highest BCUT2D eigenvalue weighted by Crippen LogP contribution is 2.26. The number of sulfonamides is 1. The second kappa shape index (κ2) is 7.60. The minimum absolute atomic E-state index is 0.170. The number of benzene rings is 2. The first-order valence-electron chi connectivity index (χ1n) is 8.89. The average Bonchev–Trinajstić information content (AvgIpc) is 2.65. The number of amides is 1. The molecule has 0 spiro atoms. The first-order chi connectivity index (χ1) is 12.4. The lowest BCUT2D eigenvalue weighted by molar-refractivity contribution is 0.0953. The van der Waals surface area contributed by atoms with Crippen LogP contribution in [0.15, 0.2) is 47.4 Å². The molecule has 0 saturated heterocycles. The molecular formula is C20H24N2O3S. The van der Waals surface area contributed by atoms with Crippen LogP contribution in [-0.2, 0) is 23.0 Å². The number of nitrogens with zero attached hydrogens (tertiary/aromatic N) is 1. The smallest absolute Gasteiger partial charge is 0.251 e. The minimum atomic E-state index is -3.64. The van der Waals surface area contributed by atoms with Crippen LogP contribution < -0.4 is 5.32 Å². The van der Waals surface area contributed by atoms with E-state index in [4.69, 9.17) is 0 Å². The molecular weight excluding hydrogens is 348 g/mol. The third-order valence-electron chi connectivity index (χ3n) is 4.72. The first-order valence-corrected chi connectivity index (χ1v) is 10.3. The van der Waals surface area contributed by atoms with Crippen molar-refractivity contribution in [3.63, 3.8) is 0 Å². The van der Waals surface area contributed by atoms with Gasteiger partial charge in [-0.2, -0.15) is 4.31 Å². The van der Waals surface area contributed by atoms with Gasteiger partial charge < -0.3 is 5.32 Å². The second-order valence-corrected chi connectivity index (χ2v) is 8.53. The zero-order chi connectivity index (χ0) is 18.7. The van der Waals surface area contributed by atoms with Crippen molar-refractivity contribution >= 4 is 15.9 Å². The Morgan fingerprint density at radius 2 is 1.88 bits per heavy atom. The summed E-state index contributed by atoms with van der Waals surface area (Å²) in [5.74, 6) is -0.231. The molecule has 6 heteroatoms. The third kappa shape index (κ3) is 3.66. The summed E-state index contributed by atoms with van der Waals surface area (Å²) in [4.78, 5) is 12.5. The number of aryl methyl sites for hydroxylation is 1. The lowest BCUT2D eigenvalue weighted by atomic mass is 10.0. The van der Waals surface area contributed by atoms with E-state index >= 15 is 0 Å². The monoisotopic (exact) mass is 372 g/mol. The Balaban J connectivity index is 1.89. The molecule has 1 aliphatic rings. The number of carbonyl (C=O) groups excluding carboxylic acids is 1.